The highest BCUT2D eigenvalue weighted by atomic mass is 19.4. The number of rotatable bonds is 7. The highest BCUT2D eigenvalue weighted by Crippen LogP contribution is 2.51. The molecule has 3 rings (SSSR count). The van der Waals surface area contributed by atoms with Gasteiger partial charge in [0.2, 0.25) is 0 Å². The molecule has 5 nitrogen and oxygen atoms in total. The van der Waals surface area contributed by atoms with E-state index in [0.717, 1.165) is 12.7 Å². The molecule has 27 heavy (non-hydrogen) atoms. The Morgan fingerprint density at radius 2 is 2.04 bits per heavy atom. The largest absolute Gasteiger partial charge is 0.417 e. The molecule has 0 aromatic carbocycles. The van der Waals surface area contributed by atoms with Gasteiger partial charge in [-0.3, -0.25) is 9.58 Å². The minimum absolute atomic E-state index is 0.00680. The summed E-state index contributed by atoms with van der Waals surface area (Å²) in [6.45, 7) is 2.23. The van der Waals surface area contributed by atoms with E-state index in [1.807, 2.05) is 25.2 Å². The van der Waals surface area contributed by atoms with Crippen LogP contribution in [0.5, 0.6) is 0 Å². The predicted molar refractivity (Wildman–Crippen MR) is 92.9 cm³/mol. The molecule has 2 atom stereocenters. The van der Waals surface area contributed by atoms with Gasteiger partial charge in [0.25, 0.3) is 0 Å². The number of ether oxygens (including phenoxy) is 1. The van der Waals surface area contributed by atoms with Gasteiger partial charge in [0.05, 0.1) is 6.20 Å². The Morgan fingerprint density at radius 3 is 2.59 bits per heavy atom. The smallest absolute Gasteiger partial charge is 0.369 e. The van der Waals surface area contributed by atoms with Crippen LogP contribution in [0, 0.1) is 5.92 Å². The Morgan fingerprint density at radius 1 is 1.33 bits per heavy atom. The van der Waals surface area contributed by atoms with E-state index in [1.54, 1.807) is 10.9 Å². The van der Waals surface area contributed by atoms with Gasteiger partial charge >= 0.3 is 6.18 Å². The molecular formula is C18H28F4N4O. The van der Waals surface area contributed by atoms with Crippen molar-refractivity contribution in [2.45, 2.75) is 49.8 Å². The molecule has 1 saturated carbocycles. The van der Waals surface area contributed by atoms with Crippen LogP contribution in [0.15, 0.2) is 12.4 Å². The Balaban J connectivity index is 1.50. The number of likely N-dealkylation sites (tertiary alicyclic amines) is 1. The monoisotopic (exact) mass is 392 g/mol. The van der Waals surface area contributed by atoms with E-state index >= 15 is 0 Å². The molecule has 0 bridgehead atoms. The first-order valence-electron chi connectivity index (χ1n) is 9.28. The van der Waals surface area contributed by atoms with Crippen molar-refractivity contribution < 1.29 is 22.3 Å². The van der Waals surface area contributed by atoms with Gasteiger partial charge < -0.3 is 9.64 Å². The summed E-state index contributed by atoms with van der Waals surface area (Å²) in [6.07, 6.45) is -1.05. The molecule has 0 radical (unpaired) electrons. The van der Waals surface area contributed by atoms with Crippen LogP contribution in [-0.2, 0) is 18.3 Å². The maximum Gasteiger partial charge on any atom is 0.417 e. The third-order valence-corrected chi connectivity index (χ3v) is 5.86. The summed E-state index contributed by atoms with van der Waals surface area (Å²) < 4.78 is 59.8. The lowest BCUT2D eigenvalue weighted by molar-refractivity contribution is -0.309. The Labute approximate surface area is 157 Å². The SMILES string of the molecule is COC1(C(F)(F)F)CC(CN(C)C[C@@H]2C[C@H](F)CN2Cc2cnn(C)c2)C1. The number of likely N-dealkylation sites (N-methyl/N-ethyl adjacent to an activating group) is 1. The lowest BCUT2D eigenvalue weighted by atomic mass is 9.70. The van der Waals surface area contributed by atoms with Crippen LogP contribution in [-0.4, -0.2) is 77.4 Å². The van der Waals surface area contributed by atoms with Crippen molar-refractivity contribution in [1.29, 1.82) is 0 Å². The van der Waals surface area contributed by atoms with E-state index in [4.69, 9.17) is 4.74 Å². The topological polar surface area (TPSA) is 33.5 Å². The highest BCUT2D eigenvalue weighted by molar-refractivity contribution is 5.05. The van der Waals surface area contributed by atoms with Crippen molar-refractivity contribution in [3.8, 4) is 0 Å². The van der Waals surface area contributed by atoms with Crippen LogP contribution in [0.25, 0.3) is 0 Å². The van der Waals surface area contributed by atoms with E-state index in [2.05, 4.69) is 10.00 Å². The van der Waals surface area contributed by atoms with E-state index in [0.29, 0.717) is 32.6 Å². The molecule has 1 saturated heterocycles. The first-order valence-corrected chi connectivity index (χ1v) is 9.28. The fourth-order valence-electron chi connectivity index (χ4n) is 4.48. The predicted octanol–water partition coefficient (Wildman–Crippen LogP) is 2.62. The van der Waals surface area contributed by atoms with Crippen molar-refractivity contribution in [3.05, 3.63) is 18.0 Å². The molecule has 1 aliphatic heterocycles. The second-order valence-electron chi connectivity index (χ2n) is 8.13. The zero-order chi connectivity index (χ0) is 19.8. The summed E-state index contributed by atoms with van der Waals surface area (Å²) in [6, 6.07) is 0.0556. The van der Waals surface area contributed by atoms with Crippen LogP contribution in [0.2, 0.25) is 0 Å². The lowest BCUT2D eigenvalue weighted by Crippen LogP contribution is -2.58. The van der Waals surface area contributed by atoms with E-state index < -0.39 is 17.9 Å². The quantitative estimate of drug-likeness (QED) is 0.668. The van der Waals surface area contributed by atoms with Gasteiger partial charge in [-0.05, 0) is 32.2 Å². The van der Waals surface area contributed by atoms with Crippen molar-refractivity contribution >= 4 is 0 Å². The summed E-state index contributed by atoms with van der Waals surface area (Å²) in [4.78, 5) is 4.13. The summed E-state index contributed by atoms with van der Waals surface area (Å²) in [5.74, 6) is -0.0501. The number of aryl methyl sites for hydroxylation is 1. The zero-order valence-corrected chi connectivity index (χ0v) is 16.0. The summed E-state index contributed by atoms with van der Waals surface area (Å²) >= 11 is 0. The number of aromatic nitrogens is 2. The van der Waals surface area contributed by atoms with E-state index in [-0.39, 0.29) is 24.8 Å². The first kappa shape index (κ1) is 20.5. The Hall–Kier alpha value is -1.19. The summed E-state index contributed by atoms with van der Waals surface area (Å²) in [5.41, 5.74) is -0.948. The minimum atomic E-state index is -4.33. The lowest BCUT2D eigenvalue weighted by Gasteiger charge is -2.48. The van der Waals surface area contributed by atoms with Crippen LogP contribution >= 0.6 is 0 Å². The standard InChI is InChI=1S/C18H28F4N4O/c1-24(8-13-5-17(6-13,27-3)18(20,21)22)12-16-4-15(19)11-26(16)10-14-7-23-25(2)9-14/h7,9,13,15-16H,4-6,8,10-12H2,1-3H3/t13?,15-,16-,17?/m0/s1. The summed E-state index contributed by atoms with van der Waals surface area (Å²) in [7, 11) is 4.87. The molecule has 0 N–H and O–H groups in total. The van der Waals surface area contributed by atoms with Crippen LogP contribution in [0.3, 0.4) is 0 Å². The van der Waals surface area contributed by atoms with Gasteiger partial charge in [-0.1, -0.05) is 0 Å². The molecule has 2 aliphatic rings. The average molecular weight is 392 g/mol. The van der Waals surface area contributed by atoms with E-state index in [1.165, 1.54) is 0 Å². The molecule has 1 aliphatic carbocycles. The van der Waals surface area contributed by atoms with Crippen LogP contribution < -0.4 is 0 Å². The van der Waals surface area contributed by atoms with Gasteiger partial charge in [-0.25, -0.2) is 4.39 Å². The Kier molecular flexibility index (Phi) is 5.84. The van der Waals surface area contributed by atoms with Gasteiger partial charge in [0, 0.05) is 58.1 Å². The van der Waals surface area contributed by atoms with Crippen molar-refractivity contribution in [1.82, 2.24) is 19.6 Å². The van der Waals surface area contributed by atoms with Gasteiger partial charge in [-0.15, -0.1) is 0 Å². The number of alkyl halides is 4. The minimum Gasteiger partial charge on any atom is -0.369 e. The van der Waals surface area contributed by atoms with Crippen molar-refractivity contribution in [2.24, 2.45) is 13.0 Å². The normalized spacial score (nSPS) is 32.2. The molecule has 0 spiro atoms. The fourth-order valence-corrected chi connectivity index (χ4v) is 4.48. The molecule has 1 aromatic rings. The fraction of sp³-hybridized carbons (Fsp3) is 0.833. The van der Waals surface area contributed by atoms with Crippen LogP contribution in [0.4, 0.5) is 17.6 Å². The second kappa shape index (κ2) is 7.67. The maximum absolute atomic E-state index is 14.0. The number of halogens is 4. The molecule has 1 aromatic heterocycles. The van der Waals surface area contributed by atoms with Gasteiger partial charge in [0.15, 0.2) is 5.60 Å². The summed E-state index contributed by atoms with van der Waals surface area (Å²) in [5, 5.41) is 4.15. The molecular weight excluding hydrogens is 364 g/mol. The molecule has 2 fully saturated rings. The average Bonchev–Trinajstić information content (AvgIpc) is 3.07. The van der Waals surface area contributed by atoms with Crippen molar-refractivity contribution in [2.75, 3.05) is 33.8 Å². The number of nitrogens with zero attached hydrogens (tertiary/aromatic N) is 4. The van der Waals surface area contributed by atoms with Gasteiger partial charge in [0.1, 0.15) is 6.17 Å². The third-order valence-electron chi connectivity index (χ3n) is 5.86. The highest BCUT2D eigenvalue weighted by Gasteiger charge is 2.62. The molecule has 0 amide bonds. The van der Waals surface area contributed by atoms with E-state index in [9.17, 15) is 17.6 Å². The van der Waals surface area contributed by atoms with Crippen molar-refractivity contribution in [3.63, 3.8) is 0 Å². The zero-order valence-electron chi connectivity index (χ0n) is 16.0. The number of methoxy groups -OCH3 is 1. The second-order valence-corrected chi connectivity index (χ2v) is 8.13. The maximum atomic E-state index is 14.0. The molecule has 2 heterocycles. The third kappa shape index (κ3) is 4.46. The number of hydrogen-bond donors (Lipinski definition) is 0. The van der Waals surface area contributed by atoms with Gasteiger partial charge in [-0.2, -0.15) is 18.3 Å². The molecule has 154 valence electrons. The number of hydrogen-bond acceptors (Lipinski definition) is 4. The Bertz CT molecular complexity index is 629. The molecule has 0 unspecified atom stereocenters. The first-order chi connectivity index (χ1) is 12.6. The van der Waals surface area contributed by atoms with Crippen LogP contribution in [0.1, 0.15) is 24.8 Å². The molecule has 9 heteroatoms.